The molecule has 1 fully saturated rings. The van der Waals surface area contributed by atoms with Gasteiger partial charge in [-0.3, -0.25) is 10.1 Å². The fraction of sp³-hybridized carbons (Fsp3) is 0.500. The molecule has 0 unspecified atom stereocenters. The van der Waals surface area contributed by atoms with Gasteiger partial charge in [-0.25, -0.2) is 4.39 Å². The Morgan fingerprint density at radius 2 is 2.00 bits per heavy atom. The number of anilines is 2. The van der Waals surface area contributed by atoms with E-state index in [1.807, 2.05) is 18.7 Å². The van der Waals surface area contributed by atoms with Gasteiger partial charge >= 0.3 is 0 Å². The van der Waals surface area contributed by atoms with E-state index in [9.17, 15) is 14.5 Å². The number of halogens is 1. The van der Waals surface area contributed by atoms with Crippen molar-refractivity contribution >= 4 is 17.1 Å². The number of hydrogen-bond acceptors (Lipinski definition) is 5. The maximum absolute atomic E-state index is 14.0. The molecule has 1 aliphatic heterocycles. The second-order valence-corrected chi connectivity index (χ2v) is 4.99. The van der Waals surface area contributed by atoms with Crippen molar-refractivity contribution in [2.24, 2.45) is 0 Å². The van der Waals surface area contributed by atoms with Gasteiger partial charge in [0.1, 0.15) is 5.69 Å². The van der Waals surface area contributed by atoms with Crippen molar-refractivity contribution in [2.45, 2.75) is 25.9 Å². The molecule has 0 spiro atoms. The predicted molar refractivity (Wildman–Crippen MR) is 71.7 cm³/mol. The summed E-state index contributed by atoms with van der Waals surface area (Å²) in [5.74, 6) is -0.609. The first kappa shape index (κ1) is 13.5. The number of piperazine rings is 1. The zero-order valence-corrected chi connectivity index (χ0v) is 10.9. The smallest absolute Gasteiger partial charge is 0.295 e. The minimum Gasteiger partial charge on any atom is -0.393 e. The topological polar surface area (TPSA) is 84.4 Å². The highest BCUT2D eigenvalue weighted by Crippen LogP contribution is 2.31. The highest BCUT2D eigenvalue weighted by molar-refractivity contribution is 5.67. The van der Waals surface area contributed by atoms with Crippen LogP contribution in [0.15, 0.2) is 12.1 Å². The van der Waals surface area contributed by atoms with Gasteiger partial charge in [0.05, 0.1) is 16.7 Å². The van der Waals surface area contributed by atoms with E-state index in [1.54, 1.807) is 0 Å². The molecule has 0 aromatic heterocycles. The number of nitro benzene ring substituents is 1. The van der Waals surface area contributed by atoms with Crippen molar-refractivity contribution < 1.29 is 9.31 Å². The van der Waals surface area contributed by atoms with Crippen LogP contribution in [0, 0.1) is 15.9 Å². The molecule has 19 heavy (non-hydrogen) atoms. The molecule has 1 aliphatic rings. The Morgan fingerprint density at radius 1 is 1.42 bits per heavy atom. The third kappa shape index (κ3) is 2.76. The number of nitrogens with one attached hydrogen (secondary N) is 1. The van der Waals surface area contributed by atoms with Gasteiger partial charge in [-0.05, 0) is 19.9 Å². The van der Waals surface area contributed by atoms with E-state index in [4.69, 9.17) is 5.73 Å². The lowest BCUT2D eigenvalue weighted by Gasteiger charge is -2.37. The highest BCUT2D eigenvalue weighted by Gasteiger charge is 2.25. The van der Waals surface area contributed by atoms with Crippen LogP contribution in [0.25, 0.3) is 0 Å². The molecule has 1 saturated heterocycles. The van der Waals surface area contributed by atoms with Crippen LogP contribution in [0.1, 0.15) is 13.8 Å². The number of rotatable bonds is 2. The average molecular weight is 268 g/mol. The first-order valence-electron chi connectivity index (χ1n) is 6.13. The van der Waals surface area contributed by atoms with Crippen LogP contribution in [-0.2, 0) is 0 Å². The van der Waals surface area contributed by atoms with E-state index in [-0.39, 0.29) is 17.8 Å². The van der Waals surface area contributed by atoms with Crippen LogP contribution in [0.3, 0.4) is 0 Å². The van der Waals surface area contributed by atoms with Gasteiger partial charge in [0, 0.05) is 25.2 Å². The Morgan fingerprint density at radius 3 is 2.53 bits per heavy atom. The van der Waals surface area contributed by atoms with Gasteiger partial charge in [-0.2, -0.15) is 0 Å². The van der Waals surface area contributed by atoms with Crippen LogP contribution >= 0.6 is 0 Å². The maximum Gasteiger partial charge on any atom is 0.295 e. The largest absolute Gasteiger partial charge is 0.393 e. The molecule has 0 aliphatic carbocycles. The minimum absolute atomic E-state index is 0.0137. The maximum atomic E-state index is 14.0. The summed E-state index contributed by atoms with van der Waals surface area (Å²) in [6, 6.07) is 2.68. The van der Waals surface area contributed by atoms with Gasteiger partial charge in [-0.1, -0.05) is 0 Å². The number of hydrogen-bond donors (Lipinski definition) is 2. The molecule has 2 atom stereocenters. The van der Waals surface area contributed by atoms with E-state index in [0.29, 0.717) is 18.8 Å². The molecule has 1 aromatic carbocycles. The summed E-state index contributed by atoms with van der Waals surface area (Å²) in [6.45, 7) is 5.29. The molecule has 6 nitrogen and oxygen atoms in total. The lowest BCUT2D eigenvalue weighted by molar-refractivity contribution is -0.384. The van der Waals surface area contributed by atoms with Crippen LogP contribution in [-0.4, -0.2) is 30.1 Å². The van der Waals surface area contributed by atoms with E-state index in [0.717, 1.165) is 6.07 Å². The van der Waals surface area contributed by atoms with Crippen molar-refractivity contribution in [3.8, 4) is 0 Å². The summed E-state index contributed by atoms with van der Waals surface area (Å²) < 4.78 is 14.0. The Bertz CT molecular complexity index is 499. The summed E-state index contributed by atoms with van der Waals surface area (Å²) in [5, 5.41) is 14.0. The molecule has 104 valence electrons. The SMILES string of the molecule is C[C@H]1CN(c2cc(N)c([N+](=O)[O-])cc2F)C[C@H](C)N1. The molecule has 3 N–H and O–H groups in total. The number of nitrogens with zero attached hydrogens (tertiary/aromatic N) is 2. The summed E-state index contributed by atoms with van der Waals surface area (Å²) >= 11 is 0. The molecule has 2 rings (SSSR count). The summed E-state index contributed by atoms with van der Waals surface area (Å²) in [4.78, 5) is 11.9. The summed E-state index contributed by atoms with van der Waals surface area (Å²) in [5.41, 5.74) is 5.53. The minimum atomic E-state index is -0.675. The van der Waals surface area contributed by atoms with Crippen LogP contribution in [0.2, 0.25) is 0 Å². The molecule has 0 saturated carbocycles. The Hall–Kier alpha value is -1.89. The van der Waals surface area contributed by atoms with E-state index < -0.39 is 16.4 Å². The fourth-order valence-electron chi connectivity index (χ4n) is 2.49. The second-order valence-electron chi connectivity index (χ2n) is 4.99. The lowest BCUT2D eigenvalue weighted by Crippen LogP contribution is -2.54. The first-order chi connectivity index (χ1) is 8.88. The quantitative estimate of drug-likeness (QED) is 0.482. The van der Waals surface area contributed by atoms with Gasteiger partial charge in [-0.15, -0.1) is 0 Å². The normalized spacial score (nSPS) is 23.4. The molecule has 7 heteroatoms. The van der Waals surface area contributed by atoms with Gasteiger partial charge in [0.15, 0.2) is 5.82 Å². The fourth-order valence-corrected chi connectivity index (χ4v) is 2.49. The zero-order chi connectivity index (χ0) is 14.2. The molecule has 0 bridgehead atoms. The third-order valence-electron chi connectivity index (χ3n) is 3.19. The van der Waals surface area contributed by atoms with Crippen LogP contribution < -0.4 is 16.0 Å². The molecule has 1 aromatic rings. The summed E-state index contributed by atoms with van der Waals surface area (Å²) in [7, 11) is 0. The molecule has 0 radical (unpaired) electrons. The monoisotopic (exact) mass is 268 g/mol. The predicted octanol–water partition coefficient (Wildman–Crippen LogP) is 1.50. The zero-order valence-electron chi connectivity index (χ0n) is 10.9. The van der Waals surface area contributed by atoms with Crippen molar-refractivity contribution in [1.29, 1.82) is 0 Å². The Kier molecular flexibility index (Phi) is 3.57. The second kappa shape index (κ2) is 5.00. The third-order valence-corrected chi connectivity index (χ3v) is 3.19. The van der Waals surface area contributed by atoms with Gasteiger partial charge < -0.3 is 16.0 Å². The number of nitro groups is 1. The Balaban J connectivity index is 2.35. The molecular weight excluding hydrogens is 251 g/mol. The van der Waals surface area contributed by atoms with Crippen molar-refractivity contribution in [2.75, 3.05) is 23.7 Å². The van der Waals surface area contributed by atoms with E-state index in [1.165, 1.54) is 6.07 Å². The van der Waals surface area contributed by atoms with Crippen LogP contribution in [0.4, 0.5) is 21.5 Å². The van der Waals surface area contributed by atoms with E-state index in [2.05, 4.69) is 5.32 Å². The number of nitrogen functional groups attached to an aromatic ring is 1. The standard InChI is InChI=1S/C12H17FN4O2/c1-7-5-16(6-8(2)15-7)11-4-10(14)12(17(18)19)3-9(11)13/h3-4,7-8,15H,5-6,14H2,1-2H3/t7-,8-/m0/s1. The summed E-state index contributed by atoms with van der Waals surface area (Å²) in [6.07, 6.45) is 0. The average Bonchev–Trinajstić information content (AvgIpc) is 2.30. The van der Waals surface area contributed by atoms with Gasteiger partial charge in [0.25, 0.3) is 5.69 Å². The first-order valence-corrected chi connectivity index (χ1v) is 6.13. The number of nitrogens with two attached hydrogens (primary N) is 1. The van der Waals surface area contributed by atoms with Crippen LogP contribution in [0.5, 0.6) is 0 Å². The van der Waals surface area contributed by atoms with Crippen molar-refractivity contribution in [3.63, 3.8) is 0 Å². The Labute approximate surface area is 110 Å². The molecule has 1 heterocycles. The highest BCUT2D eigenvalue weighted by atomic mass is 19.1. The van der Waals surface area contributed by atoms with Crippen molar-refractivity contribution in [3.05, 3.63) is 28.1 Å². The van der Waals surface area contributed by atoms with Gasteiger partial charge in [0.2, 0.25) is 0 Å². The van der Waals surface area contributed by atoms with Crippen molar-refractivity contribution in [1.82, 2.24) is 5.32 Å². The lowest BCUT2D eigenvalue weighted by atomic mass is 10.1. The molecule has 0 amide bonds. The number of benzene rings is 1. The van der Waals surface area contributed by atoms with E-state index >= 15 is 0 Å². The molecular formula is C12H17FN4O2.